The molecule has 0 bridgehead atoms. The number of nitrogens with one attached hydrogen (secondary N) is 2. The van der Waals surface area contributed by atoms with Gasteiger partial charge in [0.05, 0.1) is 19.7 Å². The molecule has 4 rings (SSSR count). The maximum absolute atomic E-state index is 13.2. The van der Waals surface area contributed by atoms with E-state index in [1.807, 2.05) is 0 Å². The molecule has 1 fully saturated rings. The van der Waals surface area contributed by atoms with Gasteiger partial charge < -0.3 is 25.5 Å². The fourth-order valence-corrected chi connectivity index (χ4v) is 3.37. The highest BCUT2D eigenvalue weighted by atomic mass is 19.4. The third-order valence-electron chi connectivity index (χ3n) is 5.19. The highest BCUT2D eigenvalue weighted by Crippen LogP contribution is 2.37. The van der Waals surface area contributed by atoms with Crippen LogP contribution in [0.25, 0.3) is 22.4 Å². The number of nitrogens with two attached hydrogens (primary N) is 1. The molecule has 180 valence electrons. The van der Waals surface area contributed by atoms with Gasteiger partial charge in [-0.05, 0) is 44.0 Å². The molecule has 1 saturated carbocycles. The van der Waals surface area contributed by atoms with E-state index in [4.69, 9.17) is 14.9 Å². The minimum absolute atomic E-state index is 0.0332. The van der Waals surface area contributed by atoms with E-state index < -0.39 is 23.8 Å². The summed E-state index contributed by atoms with van der Waals surface area (Å²) >= 11 is 0. The van der Waals surface area contributed by atoms with Gasteiger partial charge in [-0.2, -0.15) is 13.2 Å². The summed E-state index contributed by atoms with van der Waals surface area (Å²) in [5, 5.41) is 5.52. The van der Waals surface area contributed by atoms with E-state index in [2.05, 4.69) is 20.6 Å². The van der Waals surface area contributed by atoms with Crippen LogP contribution in [0.1, 0.15) is 47.7 Å². The molecule has 3 aromatic rings. The number of fused-ring (bicyclic) bond motifs is 1. The molecule has 1 aliphatic carbocycles. The van der Waals surface area contributed by atoms with Crippen LogP contribution in [0, 0.1) is 0 Å². The summed E-state index contributed by atoms with van der Waals surface area (Å²) in [4.78, 5) is 32.6. The lowest BCUT2D eigenvalue weighted by Crippen LogP contribution is -2.38. The molecule has 12 heteroatoms. The lowest BCUT2D eigenvalue weighted by atomic mass is 10.1. The molecule has 0 saturated heterocycles. The first-order chi connectivity index (χ1) is 16.1. The Morgan fingerprint density at radius 3 is 2.59 bits per heavy atom. The summed E-state index contributed by atoms with van der Waals surface area (Å²) in [5.74, 6) is -0.824. The van der Waals surface area contributed by atoms with E-state index in [0.717, 1.165) is 18.9 Å². The fourth-order valence-electron chi connectivity index (χ4n) is 3.37. The number of hydrogen-bond donors (Lipinski definition) is 3. The smallest absolute Gasteiger partial charge is 0.433 e. The second kappa shape index (κ2) is 8.93. The van der Waals surface area contributed by atoms with Crippen LogP contribution in [0.3, 0.4) is 0 Å². The highest BCUT2D eigenvalue weighted by molar-refractivity contribution is 5.99. The lowest BCUT2D eigenvalue weighted by molar-refractivity contribution is -0.141. The number of oxazole rings is 1. The minimum Gasteiger partial charge on any atom is -0.494 e. The van der Waals surface area contributed by atoms with Gasteiger partial charge in [0.2, 0.25) is 11.8 Å². The number of rotatable bonds is 7. The topological polar surface area (TPSA) is 132 Å². The van der Waals surface area contributed by atoms with Crippen LogP contribution in [0.5, 0.6) is 5.75 Å². The number of carbonyl (C=O) groups excluding carboxylic acids is 2. The van der Waals surface area contributed by atoms with E-state index in [-0.39, 0.29) is 52.5 Å². The summed E-state index contributed by atoms with van der Waals surface area (Å²) in [6.07, 6.45) is -2.82. The number of alkyl halides is 3. The Morgan fingerprint density at radius 1 is 1.24 bits per heavy atom. The second-order valence-electron chi connectivity index (χ2n) is 7.95. The SMILES string of the molecule is COc1ccc(-c2nc(C(=O)NCC(=O)NC3CC3)c([C@H](C)N)o2)c2ccc(C(F)(F)F)nc12. The van der Waals surface area contributed by atoms with Gasteiger partial charge >= 0.3 is 6.18 Å². The summed E-state index contributed by atoms with van der Waals surface area (Å²) in [6.45, 7) is 1.34. The zero-order valence-corrected chi connectivity index (χ0v) is 18.3. The summed E-state index contributed by atoms with van der Waals surface area (Å²) < 4.78 is 50.5. The van der Waals surface area contributed by atoms with Crippen molar-refractivity contribution in [3.8, 4) is 17.2 Å². The van der Waals surface area contributed by atoms with E-state index >= 15 is 0 Å². The Morgan fingerprint density at radius 2 is 1.97 bits per heavy atom. The molecule has 34 heavy (non-hydrogen) atoms. The van der Waals surface area contributed by atoms with Crippen molar-refractivity contribution >= 4 is 22.7 Å². The van der Waals surface area contributed by atoms with Crippen molar-refractivity contribution < 1.29 is 31.9 Å². The Hall–Kier alpha value is -3.67. The first-order valence-electron chi connectivity index (χ1n) is 10.5. The number of carbonyl (C=O) groups is 2. The zero-order valence-electron chi connectivity index (χ0n) is 18.3. The molecule has 1 aromatic carbocycles. The third-order valence-corrected chi connectivity index (χ3v) is 5.19. The number of amides is 2. The maximum atomic E-state index is 13.2. The summed E-state index contributed by atoms with van der Waals surface area (Å²) in [5.41, 5.74) is 5.00. The number of benzene rings is 1. The number of hydrogen-bond acceptors (Lipinski definition) is 7. The molecule has 2 aromatic heterocycles. The molecule has 1 atom stereocenters. The summed E-state index contributed by atoms with van der Waals surface area (Å²) in [6, 6.07) is 4.48. The van der Waals surface area contributed by atoms with Gasteiger partial charge in [-0.1, -0.05) is 0 Å². The molecule has 2 heterocycles. The van der Waals surface area contributed by atoms with Crippen LogP contribution < -0.4 is 21.1 Å². The van der Waals surface area contributed by atoms with Gasteiger partial charge in [-0.25, -0.2) is 9.97 Å². The van der Waals surface area contributed by atoms with Gasteiger partial charge in [0.1, 0.15) is 17.0 Å². The van der Waals surface area contributed by atoms with Crippen LogP contribution in [0.15, 0.2) is 28.7 Å². The van der Waals surface area contributed by atoms with Gasteiger partial charge in [-0.3, -0.25) is 9.59 Å². The monoisotopic (exact) mass is 477 g/mol. The molecule has 4 N–H and O–H groups in total. The molecular formula is C22H22F3N5O4. The van der Waals surface area contributed by atoms with Crippen LogP contribution >= 0.6 is 0 Å². The predicted molar refractivity (Wildman–Crippen MR) is 115 cm³/mol. The van der Waals surface area contributed by atoms with Crippen LogP contribution in [-0.4, -0.2) is 41.5 Å². The van der Waals surface area contributed by atoms with Crippen molar-refractivity contribution in [2.45, 2.75) is 38.0 Å². The van der Waals surface area contributed by atoms with Crippen LogP contribution in [0.2, 0.25) is 0 Å². The van der Waals surface area contributed by atoms with Gasteiger partial charge in [0.15, 0.2) is 11.5 Å². The quantitative estimate of drug-likeness (QED) is 0.477. The molecule has 9 nitrogen and oxygen atoms in total. The van der Waals surface area contributed by atoms with Crippen LogP contribution in [-0.2, 0) is 11.0 Å². The van der Waals surface area contributed by atoms with E-state index in [1.165, 1.54) is 25.3 Å². The number of nitrogens with zero attached hydrogens (tertiary/aromatic N) is 2. The Balaban J connectivity index is 1.70. The molecule has 0 aliphatic heterocycles. The fraction of sp³-hybridized carbons (Fsp3) is 0.364. The van der Waals surface area contributed by atoms with E-state index in [0.29, 0.717) is 5.56 Å². The standard InChI is InChI=1S/C22H22F3N5O4/c1-10(26)19-18(20(32)27-9-16(31)28-11-3-4-11)30-21(34-19)13-5-7-14(33-2)17-12(13)6-8-15(29-17)22(23,24)25/h5-8,10-11H,3-4,9,26H2,1-2H3,(H,27,32)(H,28,31)/t10-/m0/s1. The normalized spacial score (nSPS) is 14.6. The average molecular weight is 477 g/mol. The average Bonchev–Trinajstić information content (AvgIpc) is 3.48. The molecule has 1 aliphatic rings. The van der Waals surface area contributed by atoms with Crippen LogP contribution in [0.4, 0.5) is 13.2 Å². The molecule has 2 amide bonds. The number of halogens is 3. The van der Waals surface area contributed by atoms with Gasteiger partial charge in [-0.15, -0.1) is 0 Å². The van der Waals surface area contributed by atoms with Crippen molar-refractivity contribution in [2.75, 3.05) is 13.7 Å². The Kier molecular flexibility index (Phi) is 6.17. The summed E-state index contributed by atoms with van der Waals surface area (Å²) in [7, 11) is 1.32. The van der Waals surface area contributed by atoms with Crippen molar-refractivity contribution in [1.29, 1.82) is 0 Å². The molecule has 0 spiro atoms. The van der Waals surface area contributed by atoms with Gasteiger partial charge in [0, 0.05) is 17.0 Å². The number of ether oxygens (including phenoxy) is 1. The molecule has 0 unspecified atom stereocenters. The van der Waals surface area contributed by atoms with E-state index in [1.54, 1.807) is 6.92 Å². The second-order valence-corrected chi connectivity index (χ2v) is 7.95. The first kappa shape index (κ1) is 23.5. The van der Waals surface area contributed by atoms with Crippen molar-refractivity contribution in [2.24, 2.45) is 5.73 Å². The van der Waals surface area contributed by atoms with Gasteiger partial charge in [0.25, 0.3) is 5.91 Å². The first-order valence-corrected chi connectivity index (χ1v) is 10.5. The lowest BCUT2D eigenvalue weighted by Gasteiger charge is -2.11. The third kappa shape index (κ3) is 4.81. The minimum atomic E-state index is -4.64. The highest BCUT2D eigenvalue weighted by Gasteiger charge is 2.33. The predicted octanol–water partition coefficient (Wildman–Crippen LogP) is 2.95. The van der Waals surface area contributed by atoms with E-state index in [9.17, 15) is 22.8 Å². The number of aromatic nitrogens is 2. The Labute approximate surface area is 191 Å². The number of methoxy groups -OCH3 is 1. The maximum Gasteiger partial charge on any atom is 0.433 e. The largest absolute Gasteiger partial charge is 0.494 e. The zero-order chi connectivity index (χ0) is 24.6. The van der Waals surface area contributed by atoms with Crippen molar-refractivity contribution in [3.05, 3.63) is 41.4 Å². The molecule has 0 radical (unpaired) electrons. The van der Waals surface area contributed by atoms with Crippen molar-refractivity contribution in [1.82, 2.24) is 20.6 Å². The number of pyridine rings is 1. The Bertz CT molecular complexity index is 1250. The molecular weight excluding hydrogens is 455 g/mol. The van der Waals surface area contributed by atoms with Crippen molar-refractivity contribution in [3.63, 3.8) is 0 Å².